The zero-order chi connectivity index (χ0) is 16.6. The van der Waals surface area contributed by atoms with Gasteiger partial charge in [0.05, 0.1) is 5.52 Å². The molecule has 0 radical (unpaired) electrons. The topological polar surface area (TPSA) is 37.8 Å². The Morgan fingerprint density at radius 1 is 1.00 bits per heavy atom. The second kappa shape index (κ2) is 4.63. The second-order valence-electron chi connectivity index (χ2n) is 9.39. The van der Waals surface area contributed by atoms with Crippen LogP contribution >= 0.6 is 11.6 Å². The van der Waals surface area contributed by atoms with Gasteiger partial charge in [-0.2, -0.15) is 0 Å². The fourth-order valence-electron chi connectivity index (χ4n) is 6.98. The van der Waals surface area contributed by atoms with E-state index in [0.29, 0.717) is 16.1 Å². The average Bonchev–Trinajstić information content (AvgIpc) is 2.42. The van der Waals surface area contributed by atoms with E-state index >= 15 is 0 Å². The molecule has 0 saturated heterocycles. The molecule has 4 saturated carbocycles. The molecule has 0 unspecified atom stereocenters. The molecule has 0 aliphatic heterocycles. The van der Waals surface area contributed by atoms with Gasteiger partial charge < -0.3 is 5.32 Å². The highest BCUT2D eigenvalue weighted by Crippen LogP contribution is 2.66. The SMILES string of the molecule is C[C@]12CC3CC(Nc4nc(Cl)nc5ccccc45)(C1)C[C@](C)(C3)C2. The first-order valence-electron chi connectivity index (χ1n) is 9.07. The van der Waals surface area contributed by atoms with Gasteiger partial charge in [-0.1, -0.05) is 26.0 Å². The van der Waals surface area contributed by atoms with E-state index in [1.807, 2.05) is 18.2 Å². The average molecular weight is 342 g/mol. The summed E-state index contributed by atoms with van der Waals surface area (Å²) < 4.78 is 0. The molecular formula is C20H24ClN3. The molecule has 4 bridgehead atoms. The standard InChI is InChI=1S/C20H24ClN3/c1-18-7-13-8-19(2,10-18)12-20(9-13,11-18)24-16-14-5-3-4-6-15(14)22-17(21)23-16/h3-6,13H,7-12H2,1-2H3,(H,22,23,24)/t13?,18-,19-,20?/m1/s1. The van der Waals surface area contributed by atoms with Crippen molar-refractivity contribution in [3.63, 3.8) is 0 Å². The van der Waals surface area contributed by atoms with Crippen LogP contribution in [-0.4, -0.2) is 15.5 Å². The maximum Gasteiger partial charge on any atom is 0.224 e. The van der Waals surface area contributed by atoms with Crippen molar-refractivity contribution in [3.05, 3.63) is 29.5 Å². The van der Waals surface area contributed by atoms with Crippen molar-refractivity contribution >= 4 is 28.3 Å². The largest absolute Gasteiger partial charge is 0.364 e. The Balaban J connectivity index is 1.59. The number of nitrogens with zero attached hydrogens (tertiary/aromatic N) is 2. The lowest BCUT2D eigenvalue weighted by Gasteiger charge is -2.65. The monoisotopic (exact) mass is 341 g/mol. The van der Waals surface area contributed by atoms with Crippen LogP contribution in [0, 0.1) is 16.7 Å². The lowest BCUT2D eigenvalue weighted by atomic mass is 9.43. The Kier molecular flexibility index (Phi) is 2.88. The molecular weight excluding hydrogens is 318 g/mol. The van der Waals surface area contributed by atoms with Gasteiger partial charge in [0.15, 0.2) is 0 Å². The minimum atomic E-state index is 0.170. The molecule has 1 N–H and O–H groups in total. The molecule has 6 rings (SSSR count). The summed E-state index contributed by atoms with van der Waals surface area (Å²) in [6.45, 7) is 4.99. The predicted octanol–water partition coefficient (Wildman–Crippen LogP) is 5.44. The van der Waals surface area contributed by atoms with Crippen LogP contribution in [0.1, 0.15) is 52.4 Å². The van der Waals surface area contributed by atoms with Crippen molar-refractivity contribution in [1.82, 2.24) is 9.97 Å². The number of fused-ring (bicyclic) bond motifs is 1. The summed E-state index contributed by atoms with van der Waals surface area (Å²) in [4.78, 5) is 8.94. The highest BCUT2D eigenvalue weighted by molar-refractivity contribution is 6.28. The molecule has 4 fully saturated rings. The molecule has 1 aromatic heterocycles. The van der Waals surface area contributed by atoms with Gasteiger partial charge in [0.1, 0.15) is 5.82 Å². The molecule has 4 aliphatic carbocycles. The molecule has 0 spiro atoms. The summed E-state index contributed by atoms with van der Waals surface area (Å²) in [5.74, 6) is 1.77. The summed E-state index contributed by atoms with van der Waals surface area (Å²) in [6.07, 6.45) is 7.96. The zero-order valence-corrected chi connectivity index (χ0v) is 15.2. The first kappa shape index (κ1) is 14.9. The van der Waals surface area contributed by atoms with Gasteiger partial charge in [0, 0.05) is 10.9 Å². The number of rotatable bonds is 2. The van der Waals surface area contributed by atoms with Gasteiger partial charge in [-0.15, -0.1) is 0 Å². The third-order valence-electron chi connectivity index (χ3n) is 6.59. The third-order valence-corrected chi connectivity index (χ3v) is 6.75. The number of hydrogen-bond donors (Lipinski definition) is 1. The molecule has 126 valence electrons. The molecule has 1 aromatic carbocycles. The van der Waals surface area contributed by atoms with Gasteiger partial charge >= 0.3 is 0 Å². The molecule has 3 nitrogen and oxygen atoms in total. The Morgan fingerprint density at radius 2 is 1.71 bits per heavy atom. The third kappa shape index (κ3) is 2.24. The maximum atomic E-state index is 6.20. The number of benzene rings is 1. The fourth-order valence-corrected chi connectivity index (χ4v) is 7.16. The van der Waals surface area contributed by atoms with Crippen LogP contribution in [0.3, 0.4) is 0 Å². The van der Waals surface area contributed by atoms with E-state index in [-0.39, 0.29) is 5.54 Å². The summed E-state index contributed by atoms with van der Waals surface area (Å²) in [5, 5.41) is 5.29. The highest BCUT2D eigenvalue weighted by atomic mass is 35.5. The summed E-state index contributed by atoms with van der Waals surface area (Å²) in [7, 11) is 0. The number of halogens is 1. The minimum Gasteiger partial charge on any atom is -0.364 e. The van der Waals surface area contributed by atoms with Crippen molar-refractivity contribution in [2.45, 2.75) is 57.9 Å². The van der Waals surface area contributed by atoms with Crippen LogP contribution in [-0.2, 0) is 0 Å². The summed E-state index contributed by atoms with van der Waals surface area (Å²) >= 11 is 6.20. The van der Waals surface area contributed by atoms with Gasteiger partial charge in [0.25, 0.3) is 0 Å². The molecule has 4 heteroatoms. The number of nitrogens with one attached hydrogen (secondary N) is 1. The molecule has 0 amide bonds. The van der Waals surface area contributed by atoms with Crippen LogP contribution in [0.2, 0.25) is 5.28 Å². The predicted molar refractivity (Wildman–Crippen MR) is 98.3 cm³/mol. The first-order chi connectivity index (χ1) is 11.4. The van der Waals surface area contributed by atoms with Crippen LogP contribution in [0.15, 0.2) is 24.3 Å². The Morgan fingerprint density at radius 3 is 2.42 bits per heavy atom. The van der Waals surface area contributed by atoms with E-state index in [2.05, 4.69) is 35.2 Å². The number of hydrogen-bond acceptors (Lipinski definition) is 3. The van der Waals surface area contributed by atoms with Crippen LogP contribution in [0.4, 0.5) is 5.82 Å². The van der Waals surface area contributed by atoms with Crippen LogP contribution < -0.4 is 5.32 Å². The Hall–Kier alpha value is -1.35. The number of aromatic nitrogens is 2. The summed E-state index contributed by atoms with van der Waals surface area (Å²) in [6, 6.07) is 8.16. The maximum absolute atomic E-state index is 6.20. The molecule has 4 aliphatic rings. The van der Waals surface area contributed by atoms with Crippen LogP contribution in [0.5, 0.6) is 0 Å². The normalized spacial score (nSPS) is 40.2. The molecule has 1 heterocycles. The van der Waals surface area contributed by atoms with Gasteiger partial charge in [-0.05, 0) is 79.0 Å². The van der Waals surface area contributed by atoms with E-state index in [1.54, 1.807) is 0 Å². The molecule has 2 aromatic rings. The van der Waals surface area contributed by atoms with Gasteiger partial charge in [-0.3, -0.25) is 0 Å². The first-order valence-corrected chi connectivity index (χ1v) is 9.45. The zero-order valence-electron chi connectivity index (χ0n) is 14.4. The summed E-state index contributed by atoms with van der Waals surface area (Å²) in [5.41, 5.74) is 2.05. The quantitative estimate of drug-likeness (QED) is 0.738. The second-order valence-corrected chi connectivity index (χ2v) is 9.73. The van der Waals surface area contributed by atoms with Crippen molar-refractivity contribution < 1.29 is 0 Å². The van der Waals surface area contributed by atoms with Gasteiger partial charge in [-0.25, -0.2) is 9.97 Å². The Bertz CT molecular complexity index is 815. The molecule has 2 atom stereocenters. The van der Waals surface area contributed by atoms with Crippen molar-refractivity contribution in [2.75, 3.05) is 5.32 Å². The van der Waals surface area contributed by atoms with E-state index in [9.17, 15) is 0 Å². The fraction of sp³-hybridized carbons (Fsp3) is 0.600. The van der Waals surface area contributed by atoms with Crippen molar-refractivity contribution in [3.8, 4) is 0 Å². The molecule has 24 heavy (non-hydrogen) atoms. The lowest BCUT2D eigenvalue weighted by Crippen LogP contribution is -2.61. The lowest BCUT2D eigenvalue weighted by molar-refractivity contribution is -0.0973. The highest BCUT2D eigenvalue weighted by Gasteiger charge is 2.60. The van der Waals surface area contributed by atoms with E-state index < -0.39 is 0 Å². The van der Waals surface area contributed by atoms with Crippen molar-refractivity contribution in [1.29, 1.82) is 0 Å². The number of anilines is 1. The Labute approximate surface area is 148 Å². The smallest absolute Gasteiger partial charge is 0.224 e. The van der Waals surface area contributed by atoms with Gasteiger partial charge in [0.2, 0.25) is 5.28 Å². The number of para-hydroxylation sites is 1. The van der Waals surface area contributed by atoms with E-state index in [4.69, 9.17) is 11.6 Å². The van der Waals surface area contributed by atoms with E-state index in [0.717, 1.165) is 22.6 Å². The van der Waals surface area contributed by atoms with E-state index in [1.165, 1.54) is 38.5 Å². The van der Waals surface area contributed by atoms with Crippen LogP contribution in [0.25, 0.3) is 10.9 Å². The van der Waals surface area contributed by atoms with Crippen molar-refractivity contribution in [2.24, 2.45) is 16.7 Å². The minimum absolute atomic E-state index is 0.170.